The van der Waals surface area contributed by atoms with Crippen LogP contribution in [0, 0.1) is 0 Å². The molecule has 2 saturated heterocycles. The summed E-state index contributed by atoms with van der Waals surface area (Å²) in [5.74, 6) is 1.12. The maximum absolute atomic E-state index is 11.6. The maximum atomic E-state index is 11.6. The van der Waals surface area contributed by atoms with E-state index in [9.17, 15) is 9.90 Å². The summed E-state index contributed by atoms with van der Waals surface area (Å²) in [7, 11) is 0. The Balaban J connectivity index is 1.06. The van der Waals surface area contributed by atoms with Crippen LogP contribution in [0.2, 0.25) is 10.0 Å². The van der Waals surface area contributed by atoms with Crippen LogP contribution >= 0.6 is 23.2 Å². The highest BCUT2D eigenvalue weighted by atomic mass is 35.5. The number of nitrogens with zero attached hydrogens (tertiary/aromatic N) is 4. The van der Waals surface area contributed by atoms with Gasteiger partial charge in [0.25, 0.3) is 0 Å². The van der Waals surface area contributed by atoms with Crippen molar-refractivity contribution < 1.29 is 24.1 Å². The van der Waals surface area contributed by atoms with Crippen molar-refractivity contribution in [2.24, 2.45) is 0 Å². The first-order valence-electron chi connectivity index (χ1n) is 13.7. The molecule has 0 spiro atoms. The van der Waals surface area contributed by atoms with E-state index in [2.05, 4.69) is 14.5 Å². The van der Waals surface area contributed by atoms with Gasteiger partial charge in [0, 0.05) is 37.0 Å². The van der Waals surface area contributed by atoms with Crippen LogP contribution in [-0.4, -0.2) is 62.4 Å². The molecule has 2 aliphatic heterocycles. The van der Waals surface area contributed by atoms with Crippen LogP contribution in [0.1, 0.15) is 41.0 Å². The van der Waals surface area contributed by atoms with Crippen molar-refractivity contribution >= 4 is 40.2 Å². The first-order chi connectivity index (χ1) is 19.9. The van der Waals surface area contributed by atoms with Crippen LogP contribution in [0.4, 0.5) is 0 Å². The quantitative estimate of drug-likeness (QED) is 0.243. The van der Waals surface area contributed by atoms with Crippen LogP contribution in [0.25, 0.3) is 11.0 Å². The SMILES string of the molecule is O=C(O)c1ccc2nc(CN3CCC(Oc4cc(COc5ccc(Cl)cc5Cl)ccn4)CC3)n(CC3CCO3)c2c1. The van der Waals surface area contributed by atoms with Gasteiger partial charge >= 0.3 is 5.97 Å². The van der Waals surface area contributed by atoms with E-state index in [0.29, 0.717) is 41.4 Å². The Morgan fingerprint density at radius 3 is 2.63 bits per heavy atom. The average molecular weight is 597 g/mol. The molecule has 2 aliphatic rings. The number of aromatic nitrogens is 3. The molecule has 1 N–H and O–H groups in total. The van der Waals surface area contributed by atoms with Crippen molar-refractivity contribution in [3.05, 3.63) is 81.7 Å². The molecule has 2 fully saturated rings. The Morgan fingerprint density at radius 1 is 1.07 bits per heavy atom. The molecule has 41 heavy (non-hydrogen) atoms. The summed E-state index contributed by atoms with van der Waals surface area (Å²) in [5.41, 5.74) is 2.83. The van der Waals surface area contributed by atoms with E-state index in [-0.39, 0.29) is 17.8 Å². The molecule has 2 aromatic heterocycles. The zero-order valence-corrected chi connectivity index (χ0v) is 23.9. The minimum Gasteiger partial charge on any atom is -0.487 e. The van der Waals surface area contributed by atoms with Crippen LogP contribution in [-0.2, 0) is 24.4 Å². The average Bonchev–Trinajstić information content (AvgIpc) is 3.27. The van der Waals surface area contributed by atoms with Gasteiger partial charge < -0.3 is 23.9 Å². The molecule has 0 saturated carbocycles. The molecule has 0 bridgehead atoms. The van der Waals surface area contributed by atoms with Crippen LogP contribution < -0.4 is 9.47 Å². The molecule has 214 valence electrons. The summed E-state index contributed by atoms with van der Waals surface area (Å²) in [6.45, 7) is 4.15. The van der Waals surface area contributed by atoms with Crippen molar-refractivity contribution in [2.45, 2.75) is 51.2 Å². The summed E-state index contributed by atoms with van der Waals surface area (Å²) in [5, 5.41) is 10.5. The van der Waals surface area contributed by atoms with Crippen LogP contribution in [0.5, 0.6) is 11.6 Å². The largest absolute Gasteiger partial charge is 0.487 e. The van der Waals surface area contributed by atoms with E-state index in [0.717, 1.165) is 61.4 Å². The number of aromatic carboxylic acids is 1. The molecule has 1 atom stereocenters. The molecule has 4 aromatic rings. The Hall–Kier alpha value is -3.37. The third kappa shape index (κ3) is 6.59. The number of carboxylic acids is 1. The minimum atomic E-state index is -0.943. The Kier molecular flexibility index (Phi) is 8.30. The molecule has 2 aromatic carbocycles. The van der Waals surface area contributed by atoms with Gasteiger partial charge in [-0.1, -0.05) is 23.2 Å². The topological polar surface area (TPSA) is 98.9 Å². The first kappa shape index (κ1) is 27.8. The van der Waals surface area contributed by atoms with Crippen molar-refractivity contribution in [3.8, 4) is 11.6 Å². The highest BCUT2D eigenvalue weighted by Gasteiger charge is 2.26. The number of imidazole rings is 1. The van der Waals surface area contributed by atoms with Gasteiger partial charge in [0.2, 0.25) is 5.88 Å². The fourth-order valence-corrected chi connectivity index (χ4v) is 5.64. The standard InChI is InChI=1S/C30H30Cl2N4O5/c31-21-2-4-27(24(32)15-21)40-18-19-5-9-33-29(13-19)41-22-6-10-35(11-7-22)17-28-34-25-3-1-20(30(37)38)14-26(25)36(28)16-23-8-12-39-23/h1-5,9,13-15,22-23H,6-8,10-12,16-18H2,(H,37,38). The number of benzene rings is 2. The van der Waals surface area contributed by atoms with E-state index in [1.54, 1.807) is 42.6 Å². The second-order valence-electron chi connectivity index (χ2n) is 10.4. The molecule has 0 aliphatic carbocycles. The van der Waals surface area contributed by atoms with Gasteiger partial charge in [-0.05, 0) is 67.3 Å². The normalized spacial score (nSPS) is 17.9. The number of rotatable bonds is 10. The molecule has 1 unspecified atom stereocenters. The molecule has 4 heterocycles. The number of pyridine rings is 1. The number of hydrogen-bond acceptors (Lipinski definition) is 7. The summed E-state index contributed by atoms with van der Waals surface area (Å²) >= 11 is 12.2. The fraction of sp³-hybridized carbons (Fsp3) is 0.367. The van der Waals surface area contributed by atoms with Gasteiger partial charge in [-0.25, -0.2) is 14.8 Å². The van der Waals surface area contributed by atoms with Gasteiger partial charge in [-0.15, -0.1) is 0 Å². The highest BCUT2D eigenvalue weighted by molar-refractivity contribution is 6.35. The lowest BCUT2D eigenvalue weighted by molar-refractivity contribution is -0.0592. The lowest BCUT2D eigenvalue weighted by Gasteiger charge is -2.32. The lowest BCUT2D eigenvalue weighted by Crippen LogP contribution is -2.39. The summed E-state index contributed by atoms with van der Waals surface area (Å²) in [4.78, 5) is 23.2. The maximum Gasteiger partial charge on any atom is 0.335 e. The number of piperidine rings is 1. The van der Waals surface area contributed by atoms with Crippen LogP contribution in [0.3, 0.4) is 0 Å². The molecule has 6 rings (SSSR count). The second-order valence-corrected chi connectivity index (χ2v) is 11.2. The predicted molar refractivity (Wildman–Crippen MR) is 155 cm³/mol. The third-order valence-corrected chi connectivity index (χ3v) is 8.06. The minimum absolute atomic E-state index is 0.0564. The number of ether oxygens (including phenoxy) is 3. The second kappa shape index (κ2) is 12.2. The van der Waals surface area contributed by atoms with Gasteiger partial charge in [0.05, 0.1) is 40.8 Å². The zero-order chi connectivity index (χ0) is 28.3. The first-order valence-corrected chi connectivity index (χ1v) is 14.4. The highest BCUT2D eigenvalue weighted by Crippen LogP contribution is 2.29. The van der Waals surface area contributed by atoms with Gasteiger partial charge in [0.1, 0.15) is 24.3 Å². The van der Waals surface area contributed by atoms with E-state index in [4.69, 9.17) is 42.4 Å². The molecule has 11 heteroatoms. The molecule has 0 amide bonds. The van der Waals surface area contributed by atoms with Crippen molar-refractivity contribution in [3.63, 3.8) is 0 Å². The number of carbonyl (C=O) groups is 1. The van der Waals surface area contributed by atoms with E-state index >= 15 is 0 Å². The number of carboxylic acid groups (broad SMARTS) is 1. The van der Waals surface area contributed by atoms with Crippen LogP contribution in [0.15, 0.2) is 54.7 Å². The Labute approximate surface area is 247 Å². The molecule has 0 radical (unpaired) electrons. The lowest BCUT2D eigenvalue weighted by atomic mass is 10.1. The Morgan fingerprint density at radius 2 is 1.90 bits per heavy atom. The monoisotopic (exact) mass is 596 g/mol. The van der Waals surface area contributed by atoms with E-state index in [1.165, 1.54) is 0 Å². The smallest absolute Gasteiger partial charge is 0.335 e. The van der Waals surface area contributed by atoms with Crippen molar-refractivity contribution in [1.82, 2.24) is 19.4 Å². The number of fused-ring (bicyclic) bond motifs is 1. The number of hydrogen-bond donors (Lipinski definition) is 1. The zero-order valence-electron chi connectivity index (χ0n) is 22.3. The molecular weight excluding hydrogens is 567 g/mol. The van der Waals surface area contributed by atoms with E-state index in [1.807, 2.05) is 12.1 Å². The van der Waals surface area contributed by atoms with Gasteiger partial charge in [0.15, 0.2) is 0 Å². The molecule has 9 nitrogen and oxygen atoms in total. The number of halogens is 2. The van der Waals surface area contributed by atoms with Crippen molar-refractivity contribution in [1.29, 1.82) is 0 Å². The van der Waals surface area contributed by atoms with Gasteiger partial charge in [-0.3, -0.25) is 4.90 Å². The predicted octanol–water partition coefficient (Wildman–Crippen LogP) is 5.85. The van der Waals surface area contributed by atoms with Gasteiger partial charge in [-0.2, -0.15) is 0 Å². The third-order valence-electron chi connectivity index (χ3n) is 7.53. The van der Waals surface area contributed by atoms with E-state index < -0.39 is 5.97 Å². The summed E-state index contributed by atoms with van der Waals surface area (Å²) < 4.78 is 19.9. The molecular formula is C30H30Cl2N4O5. The van der Waals surface area contributed by atoms with Crippen molar-refractivity contribution in [2.75, 3.05) is 19.7 Å². The fourth-order valence-electron chi connectivity index (χ4n) is 5.18. The number of likely N-dealkylation sites (tertiary alicyclic amines) is 1. The summed E-state index contributed by atoms with van der Waals surface area (Å²) in [6.07, 6.45) is 4.63. The summed E-state index contributed by atoms with van der Waals surface area (Å²) in [6, 6.07) is 14.0. The Bertz CT molecular complexity index is 1550.